The molecular weight excluding hydrogens is 220 g/mol. The number of oxime groups is 1. The first-order valence-corrected chi connectivity index (χ1v) is 5.46. The van der Waals surface area contributed by atoms with E-state index in [1.807, 2.05) is 12.1 Å². The van der Waals surface area contributed by atoms with Gasteiger partial charge in [0.2, 0.25) is 5.78 Å². The summed E-state index contributed by atoms with van der Waals surface area (Å²) in [6, 6.07) is 7.25. The van der Waals surface area contributed by atoms with Crippen molar-refractivity contribution in [3.05, 3.63) is 29.8 Å². The van der Waals surface area contributed by atoms with E-state index in [2.05, 4.69) is 10.1 Å². The monoisotopic (exact) mass is 234 g/mol. The van der Waals surface area contributed by atoms with Crippen molar-refractivity contribution < 1.29 is 14.7 Å². The number of hydrogen-bond donors (Lipinski definition) is 1. The highest BCUT2D eigenvalue weighted by atomic mass is 16.5. The van der Waals surface area contributed by atoms with Crippen molar-refractivity contribution in [2.45, 2.75) is 0 Å². The summed E-state index contributed by atoms with van der Waals surface area (Å²) in [5.74, 6) is -0.305. The number of anilines is 1. The van der Waals surface area contributed by atoms with E-state index in [-0.39, 0.29) is 5.78 Å². The Morgan fingerprint density at radius 1 is 1.29 bits per heavy atom. The third kappa shape index (κ3) is 2.82. The number of rotatable bonds is 3. The summed E-state index contributed by atoms with van der Waals surface area (Å²) in [5.41, 5.74) is 1.59. The first-order chi connectivity index (χ1) is 8.31. The van der Waals surface area contributed by atoms with E-state index < -0.39 is 0 Å². The van der Waals surface area contributed by atoms with Gasteiger partial charge in [-0.25, -0.2) is 0 Å². The zero-order valence-electron chi connectivity index (χ0n) is 9.37. The van der Waals surface area contributed by atoms with Crippen LogP contribution in [-0.2, 0) is 4.74 Å². The van der Waals surface area contributed by atoms with E-state index in [1.54, 1.807) is 12.1 Å². The number of carbonyl (C=O) groups is 1. The molecule has 17 heavy (non-hydrogen) atoms. The Balaban J connectivity index is 2.09. The maximum atomic E-state index is 11.4. The lowest BCUT2D eigenvalue weighted by molar-refractivity contribution is 0.106. The predicted molar refractivity (Wildman–Crippen MR) is 64.1 cm³/mol. The van der Waals surface area contributed by atoms with Crippen molar-refractivity contribution in [2.24, 2.45) is 5.16 Å². The minimum Gasteiger partial charge on any atom is -0.411 e. The Morgan fingerprint density at radius 3 is 2.53 bits per heavy atom. The fraction of sp³-hybridized carbons (Fsp3) is 0.333. The van der Waals surface area contributed by atoms with E-state index in [9.17, 15) is 4.79 Å². The first kappa shape index (κ1) is 11.6. The van der Waals surface area contributed by atoms with Crippen molar-refractivity contribution >= 4 is 17.7 Å². The molecule has 5 heteroatoms. The molecule has 0 spiro atoms. The van der Waals surface area contributed by atoms with E-state index >= 15 is 0 Å². The highest BCUT2D eigenvalue weighted by Crippen LogP contribution is 2.16. The molecule has 0 unspecified atom stereocenters. The Morgan fingerprint density at radius 2 is 1.94 bits per heavy atom. The molecule has 1 saturated heterocycles. The summed E-state index contributed by atoms with van der Waals surface area (Å²) >= 11 is 0. The number of hydrogen-bond acceptors (Lipinski definition) is 5. The van der Waals surface area contributed by atoms with E-state index in [1.165, 1.54) is 0 Å². The molecule has 0 aromatic heterocycles. The Bertz CT molecular complexity index is 408. The lowest BCUT2D eigenvalue weighted by Crippen LogP contribution is -2.36. The SMILES string of the molecule is O=C(C=NO)c1ccc(N2CCOCC2)cc1. The number of ether oxygens (including phenoxy) is 1. The molecule has 0 amide bonds. The van der Waals surface area contributed by atoms with Crippen molar-refractivity contribution in [1.82, 2.24) is 0 Å². The van der Waals surface area contributed by atoms with Gasteiger partial charge in [0.15, 0.2) is 0 Å². The van der Waals surface area contributed by atoms with Crippen LogP contribution < -0.4 is 4.90 Å². The molecule has 0 atom stereocenters. The van der Waals surface area contributed by atoms with Gasteiger partial charge in [-0.1, -0.05) is 5.16 Å². The number of carbonyl (C=O) groups excluding carboxylic acids is 1. The Hall–Kier alpha value is -1.88. The van der Waals surface area contributed by atoms with Crippen LogP contribution >= 0.6 is 0 Å². The van der Waals surface area contributed by atoms with Crippen LogP contribution in [0.1, 0.15) is 10.4 Å². The van der Waals surface area contributed by atoms with Crippen molar-refractivity contribution in [2.75, 3.05) is 31.2 Å². The summed E-state index contributed by atoms with van der Waals surface area (Å²) in [4.78, 5) is 13.6. The van der Waals surface area contributed by atoms with Crippen LogP contribution in [0.4, 0.5) is 5.69 Å². The molecule has 90 valence electrons. The van der Waals surface area contributed by atoms with Gasteiger partial charge >= 0.3 is 0 Å². The standard InChI is InChI=1S/C12H14N2O3/c15-12(9-13-16)10-1-3-11(4-2-10)14-5-7-17-8-6-14/h1-4,9,16H,5-8H2. The lowest BCUT2D eigenvalue weighted by atomic mass is 10.1. The quantitative estimate of drug-likeness (QED) is 0.369. The fourth-order valence-electron chi connectivity index (χ4n) is 1.79. The van der Waals surface area contributed by atoms with Crippen LogP contribution in [0.3, 0.4) is 0 Å². The van der Waals surface area contributed by atoms with Gasteiger partial charge in [0.1, 0.15) is 6.21 Å². The van der Waals surface area contributed by atoms with Gasteiger partial charge in [-0.05, 0) is 24.3 Å². The molecule has 2 rings (SSSR count). The molecule has 1 aromatic rings. The zero-order chi connectivity index (χ0) is 12.1. The maximum Gasteiger partial charge on any atom is 0.207 e. The molecule has 5 nitrogen and oxygen atoms in total. The number of morpholine rings is 1. The topological polar surface area (TPSA) is 62.1 Å². The molecule has 1 aliphatic rings. The van der Waals surface area contributed by atoms with Crippen LogP contribution in [0.15, 0.2) is 29.4 Å². The molecular formula is C12H14N2O3. The second-order valence-electron chi connectivity index (χ2n) is 3.76. The second kappa shape index (κ2) is 5.45. The van der Waals surface area contributed by atoms with Crippen LogP contribution in [0, 0.1) is 0 Å². The molecule has 0 radical (unpaired) electrons. The zero-order valence-corrected chi connectivity index (χ0v) is 9.37. The lowest BCUT2D eigenvalue weighted by Gasteiger charge is -2.28. The van der Waals surface area contributed by atoms with Crippen molar-refractivity contribution in [3.8, 4) is 0 Å². The fourth-order valence-corrected chi connectivity index (χ4v) is 1.79. The molecule has 0 bridgehead atoms. The van der Waals surface area contributed by atoms with E-state index in [0.717, 1.165) is 38.2 Å². The molecule has 0 saturated carbocycles. The van der Waals surface area contributed by atoms with Gasteiger partial charge in [-0.15, -0.1) is 0 Å². The maximum absolute atomic E-state index is 11.4. The number of Topliss-reactive ketones (excluding diaryl/α,β-unsaturated/α-hetero) is 1. The minimum absolute atomic E-state index is 0.305. The Labute approximate surface area is 99.3 Å². The number of ketones is 1. The molecule has 1 N–H and O–H groups in total. The normalized spacial score (nSPS) is 16.4. The minimum atomic E-state index is -0.305. The number of nitrogens with zero attached hydrogens (tertiary/aromatic N) is 2. The molecule has 0 aliphatic carbocycles. The first-order valence-electron chi connectivity index (χ1n) is 5.46. The summed E-state index contributed by atoms with van der Waals surface area (Å²) in [6.45, 7) is 3.20. The largest absolute Gasteiger partial charge is 0.411 e. The van der Waals surface area contributed by atoms with Crippen LogP contribution in [0.25, 0.3) is 0 Å². The van der Waals surface area contributed by atoms with E-state index in [4.69, 9.17) is 9.94 Å². The van der Waals surface area contributed by atoms with Crippen LogP contribution in [0.2, 0.25) is 0 Å². The number of benzene rings is 1. The molecule has 1 heterocycles. The van der Waals surface area contributed by atoms with Gasteiger partial charge in [-0.2, -0.15) is 0 Å². The highest BCUT2D eigenvalue weighted by molar-refractivity contribution is 6.35. The summed E-state index contributed by atoms with van der Waals surface area (Å²) in [7, 11) is 0. The molecule has 1 aromatic carbocycles. The van der Waals surface area contributed by atoms with Gasteiger partial charge in [0, 0.05) is 24.3 Å². The molecule has 1 fully saturated rings. The average molecular weight is 234 g/mol. The summed E-state index contributed by atoms with van der Waals surface area (Å²) < 4.78 is 5.27. The summed E-state index contributed by atoms with van der Waals surface area (Å²) in [6.07, 6.45) is 0.893. The van der Waals surface area contributed by atoms with Gasteiger partial charge < -0.3 is 14.8 Å². The predicted octanol–water partition coefficient (Wildman–Crippen LogP) is 1.17. The Kier molecular flexibility index (Phi) is 3.72. The molecule has 1 aliphatic heterocycles. The van der Waals surface area contributed by atoms with Crippen LogP contribution in [0.5, 0.6) is 0 Å². The van der Waals surface area contributed by atoms with E-state index in [0.29, 0.717) is 5.56 Å². The third-order valence-corrected chi connectivity index (χ3v) is 2.70. The van der Waals surface area contributed by atoms with Crippen LogP contribution in [-0.4, -0.2) is 43.5 Å². The third-order valence-electron chi connectivity index (χ3n) is 2.70. The summed E-state index contributed by atoms with van der Waals surface area (Å²) in [5, 5.41) is 11.0. The smallest absolute Gasteiger partial charge is 0.207 e. The second-order valence-corrected chi connectivity index (χ2v) is 3.76. The van der Waals surface area contributed by atoms with Gasteiger partial charge in [0.05, 0.1) is 13.2 Å². The highest BCUT2D eigenvalue weighted by Gasteiger charge is 2.11. The van der Waals surface area contributed by atoms with Crippen molar-refractivity contribution in [1.29, 1.82) is 0 Å². The van der Waals surface area contributed by atoms with Gasteiger partial charge in [-0.3, -0.25) is 4.79 Å². The average Bonchev–Trinajstić information content (AvgIpc) is 2.40. The van der Waals surface area contributed by atoms with Crippen molar-refractivity contribution in [3.63, 3.8) is 0 Å². The van der Waals surface area contributed by atoms with Gasteiger partial charge in [0.25, 0.3) is 0 Å².